The lowest BCUT2D eigenvalue weighted by atomic mass is 10.0. The van der Waals surface area contributed by atoms with Crippen LogP contribution in [0.4, 0.5) is 0 Å². The van der Waals surface area contributed by atoms with E-state index in [0.29, 0.717) is 6.54 Å². The Balaban J connectivity index is 1.43. The van der Waals surface area contributed by atoms with Crippen molar-refractivity contribution in [3.05, 3.63) is 34.9 Å². The van der Waals surface area contributed by atoms with E-state index in [0.717, 1.165) is 37.7 Å². The number of aryl methyl sites for hydroxylation is 2. The van der Waals surface area contributed by atoms with Crippen LogP contribution in [0.3, 0.4) is 0 Å². The van der Waals surface area contributed by atoms with E-state index in [1.54, 1.807) is 0 Å². The number of ether oxygens (including phenoxy) is 1. The van der Waals surface area contributed by atoms with Crippen molar-refractivity contribution in [1.82, 2.24) is 4.90 Å². The van der Waals surface area contributed by atoms with Gasteiger partial charge in [-0.3, -0.25) is 9.69 Å². The number of ketones is 1. The standard InChI is InChI=1S/C18H25NO2/c1-19(9-10-21-13-14-5-6-14)12-18(20)17-8-7-15-3-2-4-16(15)11-17/h7-8,11,14H,2-6,9-10,12-13H2,1H3. The fourth-order valence-corrected chi connectivity index (χ4v) is 2.92. The molecule has 3 heteroatoms. The zero-order valence-corrected chi connectivity index (χ0v) is 12.9. The van der Waals surface area contributed by atoms with Crippen LogP contribution >= 0.6 is 0 Å². The van der Waals surface area contributed by atoms with E-state index in [9.17, 15) is 4.79 Å². The molecular weight excluding hydrogens is 262 g/mol. The molecule has 0 radical (unpaired) electrons. The Labute approximate surface area is 127 Å². The summed E-state index contributed by atoms with van der Waals surface area (Å²) in [4.78, 5) is 14.4. The summed E-state index contributed by atoms with van der Waals surface area (Å²) >= 11 is 0. The minimum absolute atomic E-state index is 0.217. The van der Waals surface area contributed by atoms with Crippen LogP contribution in [0.15, 0.2) is 18.2 Å². The van der Waals surface area contributed by atoms with Crippen molar-refractivity contribution in [2.75, 3.05) is 33.4 Å². The first-order chi connectivity index (χ1) is 10.2. The molecule has 0 amide bonds. The smallest absolute Gasteiger partial charge is 0.176 e. The second-order valence-corrected chi connectivity index (χ2v) is 6.52. The van der Waals surface area contributed by atoms with Crippen molar-refractivity contribution in [3.8, 4) is 0 Å². The molecule has 0 saturated heterocycles. The largest absolute Gasteiger partial charge is 0.380 e. The average molecular weight is 287 g/mol. The lowest BCUT2D eigenvalue weighted by Gasteiger charge is -2.16. The van der Waals surface area contributed by atoms with Crippen LogP contribution in [0.25, 0.3) is 0 Å². The molecule has 3 nitrogen and oxygen atoms in total. The first-order valence-corrected chi connectivity index (χ1v) is 8.13. The van der Waals surface area contributed by atoms with Crippen molar-refractivity contribution < 1.29 is 9.53 Å². The minimum Gasteiger partial charge on any atom is -0.380 e. The molecule has 0 spiro atoms. The normalized spacial score (nSPS) is 17.2. The number of hydrogen-bond acceptors (Lipinski definition) is 3. The number of carbonyl (C=O) groups excluding carboxylic acids is 1. The molecule has 0 atom stereocenters. The summed E-state index contributed by atoms with van der Waals surface area (Å²) in [5, 5.41) is 0. The van der Waals surface area contributed by atoms with Crippen LogP contribution in [0.2, 0.25) is 0 Å². The molecule has 1 fully saturated rings. The van der Waals surface area contributed by atoms with Crippen LogP contribution < -0.4 is 0 Å². The van der Waals surface area contributed by atoms with Crippen LogP contribution in [-0.4, -0.2) is 44.0 Å². The molecule has 1 saturated carbocycles. The third-order valence-corrected chi connectivity index (χ3v) is 4.50. The third kappa shape index (κ3) is 4.14. The Morgan fingerprint density at radius 2 is 2.10 bits per heavy atom. The Morgan fingerprint density at radius 3 is 2.90 bits per heavy atom. The summed E-state index contributed by atoms with van der Waals surface area (Å²) in [6, 6.07) is 6.22. The highest BCUT2D eigenvalue weighted by molar-refractivity contribution is 5.97. The van der Waals surface area contributed by atoms with Gasteiger partial charge in [0.2, 0.25) is 0 Å². The molecule has 0 N–H and O–H groups in total. The number of nitrogens with zero attached hydrogens (tertiary/aromatic N) is 1. The highest BCUT2D eigenvalue weighted by Gasteiger charge is 2.21. The number of Topliss-reactive ketones (excluding diaryl/α,β-unsaturated/α-hetero) is 1. The molecule has 1 aromatic carbocycles. The monoisotopic (exact) mass is 287 g/mol. The fraction of sp³-hybridized carbons (Fsp3) is 0.611. The molecule has 3 rings (SSSR count). The predicted molar refractivity (Wildman–Crippen MR) is 83.8 cm³/mol. The van der Waals surface area contributed by atoms with Gasteiger partial charge in [0.05, 0.1) is 13.2 Å². The molecule has 0 heterocycles. The molecular formula is C18H25NO2. The Bertz CT molecular complexity index is 508. The molecule has 0 bridgehead atoms. The van der Waals surface area contributed by atoms with Crippen molar-refractivity contribution in [2.24, 2.45) is 5.92 Å². The zero-order valence-electron chi connectivity index (χ0n) is 12.9. The molecule has 2 aliphatic carbocycles. The van der Waals surface area contributed by atoms with Crippen molar-refractivity contribution >= 4 is 5.78 Å². The van der Waals surface area contributed by atoms with Gasteiger partial charge in [-0.05, 0) is 62.3 Å². The van der Waals surface area contributed by atoms with Crippen LogP contribution in [0, 0.1) is 5.92 Å². The van der Waals surface area contributed by atoms with E-state index in [1.807, 2.05) is 13.1 Å². The Kier molecular flexibility index (Phi) is 4.71. The van der Waals surface area contributed by atoms with Gasteiger partial charge in [-0.25, -0.2) is 0 Å². The summed E-state index contributed by atoms with van der Waals surface area (Å²) in [5.74, 6) is 1.03. The lowest BCUT2D eigenvalue weighted by Crippen LogP contribution is -2.29. The number of carbonyl (C=O) groups is 1. The molecule has 114 valence electrons. The third-order valence-electron chi connectivity index (χ3n) is 4.50. The van der Waals surface area contributed by atoms with Crippen molar-refractivity contribution in [3.63, 3.8) is 0 Å². The van der Waals surface area contributed by atoms with Gasteiger partial charge in [0, 0.05) is 18.7 Å². The number of rotatable bonds is 8. The average Bonchev–Trinajstić information content (AvgIpc) is 3.18. The van der Waals surface area contributed by atoms with Crippen molar-refractivity contribution in [2.45, 2.75) is 32.1 Å². The van der Waals surface area contributed by atoms with Gasteiger partial charge >= 0.3 is 0 Å². The van der Waals surface area contributed by atoms with E-state index in [1.165, 1.54) is 36.8 Å². The van der Waals surface area contributed by atoms with Gasteiger partial charge < -0.3 is 4.74 Å². The summed E-state index contributed by atoms with van der Waals surface area (Å²) in [5.41, 5.74) is 3.66. The second kappa shape index (κ2) is 6.71. The fourth-order valence-electron chi connectivity index (χ4n) is 2.92. The maximum atomic E-state index is 12.3. The quantitative estimate of drug-likeness (QED) is 0.544. The highest BCUT2D eigenvalue weighted by atomic mass is 16.5. The van der Waals surface area contributed by atoms with E-state index in [2.05, 4.69) is 17.0 Å². The van der Waals surface area contributed by atoms with Crippen LogP contribution in [0.5, 0.6) is 0 Å². The van der Waals surface area contributed by atoms with E-state index >= 15 is 0 Å². The van der Waals surface area contributed by atoms with Gasteiger partial charge in [-0.2, -0.15) is 0 Å². The van der Waals surface area contributed by atoms with Gasteiger partial charge in [0.25, 0.3) is 0 Å². The lowest BCUT2D eigenvalue weighted by molar-refractivity contribution is 0.0861. The van der Waals surface area contributed by atoms with E-state index < -0.39 is 0 Å². The molecule has 0 aliphatic heterocycles. The van der Waals surface area contributed by atoms with E-state index in [-0.39, 0.29) is 5.78 Å². The number of hydrogen-bond donors (Lipinski definition) is 0. The first kappa shape index (κ1) is 14.7. The summed E-state index contributed by atoms with van der Waals surface area (Å²) in [6.45, 7) is 2.92. The molecule has 21 heavy (non-hydrogen) atoms. The maximum Gasteiger partial charge on any atom is 0.176 e. The highest BCUT2D eigenvalue weighted by Crippen LogP contribution is 2.28. The van der Waals surface area contributed by atoms with Crippen molar-refractivity contribution in [1.29, 1.82) is 0 Å². The van der Waals surface area contributed by atoms with Gasteiger partial charge in [-0.15, -0.1) is 0 Å². The number of fused-ring (bicyclic) bond motifs is 1. The summed E-state index contributed by atoms with van der Waals surface area (Å²) < 4.78 is 5.62. The Morgan fingerprint density at radius 1 is 1.29 bits per heavy atom. The van der Waals surface area contributed by atoms with Crippen LogP contribution in [-0.2, 0) is 17.6 Å². The molecule has 0 unspecified atom stereocenters. The molecule has 2 aliphatic rings. The topological polar surface area (TPSA) is 29.5 Å². The van der Waals surface area contributed by atoms with Gasteiger partial charge in [0.15, 0.2) is 5.78 Å². The minimum atomic E-state index is 0.217. The van der Waals surface area contributed by atoms with Crippen LogP contribution in [0.1, 0.15) is 40.7 Å². The second-order valence-electron chi connectivity index (χ2n) is 6.52. The predicted octanol–water partition coefficient (Wildman–Crippen LogP) is 2.72. The molecule has 0 aromatic heterocycles. The maximum absolute atomic E-state index is 12.3. The summed E-state index contributed by atoms with van der Waals surface area (Å²) in [6.07, 6.45) is 6.17. The number of benzene rings is 1. The number of likely N-dealkylation sites (N-methyl/N-ethyl adjacent to an activating group) is 1. The van der Waals surface area contributed by atoms with Gasteiger partial charge in [0.1, 0.15) is 0 Å². The zero-order chi connectivity index (χ0) is 14.7. The molecule has 1 aromatic rings. The van der Waals surface area contributed by atoms with E-state index in [4.69, 9.17) is 4.74 Å². The Hall–Kier alpha value is -1.19. The SMILES string of the molecule is CN(CCOCC1CC1)CC(=O)c1ccc2c(c1)CCC2. The summed E-state index contributed by atoms with van der Waals surface area (Å²) in [7, 11) is 1.99. The first-order valence-electron chi connectivity index (χ1n) is 8.13. The van der Waals surface area contributed by atoms with Gasteiger partial charge in [-0.1, -0.05) is 12.1 Å².